The summed E-state index contributed by atoms with van der Waals surface area (Å²) >= 11 is 5.35. The Labute approximate surface area is 98.8 Å². The van der Waals surface area contributed by atoms with Crippen molar-refractivity contribution in [3.05, 3.63) is 20.3 Å². The van der Waals surface area contributed by atoms with Gasteiger partial charge in [-0.2, -0.15) is 0 Å². The van der Waals surface area contributed by atoms with Crippen LogP contribution in [0.5, 0.6) is 0 Å². The van der Waals surface area contributed by atoms with Crippen LogP contribution >= 0.6 is 27.3 Å². The summed E-state index contributed by atoms with van der Waals surface area (Å²) in [7, 11) is 0. The molecule has 0 aliphatic rings. The van der Waals surface area contributed by atoms with Crippen LogP contribution in [0, 0.1) is 6.92 Å². The van der Waals surface area contributed by atoms with Crippen molar-refractivity contribution in [2.75, 3.05) is 6.54 Å². The van der Waals surface area contributed by atoms with Crippen LogP contribution in [0.4, 0.5) is 0 Å². The first-order valence-corrected chi connectivity index (χ1v) is 6.80. The molecular formula is C11H18BrNS. The van der Waals surface area contributed by atoms with E-state index in [1.165, 1.54) is 46.3 Å². The lowest BCUT2D eigenvalue weighted by Gasteiger charge is -2.00. The highest BCUT2D eigenvalue weighted by molar-refractivity contribution is 9.11. The van der Waals surface area contributed by atoms with Gasteiger partial charge in [0.25, 0.3) is 0 Å². The Morgan fingerprint density at radius 1 is 1.29 bits per heavy atom. The molecule has 0 radical (unpaired) electrons. The van der Waals surface area contributed by atoms with Crippen LogP contribution < -0.4 is 5.73 Å². The van der Waals surface area contributed by atoms with Crippen LogP contribution in [-0.2, 0) is 6.42 Å². The van der Waals surface area contributed by atoms with E-state index < -0.39 is 0 Å². The standard InChI is InChI=1S/C11H18BrNS/c1-9-10(8-11(12)14-9)6-4-2-3-5-7-13/h8H,2-7,13H2,1H3. The maximum atomic E-state index is 5.44. The van der Waals surface area contributed by atoms with Gasteiger partial charge in [0.2, 0.25) is 0 Å². The fourth-order valence-electron chi connectivity index (χ4n) is 1.54. The van der Waals surface area contributed by atoms with Gasteiger partial charge >= 0.3 is 0 Å². The molecule has 1 nitrogen and oxygen atoms in total. The van der Waals surface area contributed by atoms with Gasteiger partial charge in [-0.15, -0.1) is 11.3 Å². The molecule has 0 aromatic carbocycles. The number of aryl methyl sites for hydroxylation is 2. The second-order valence-corrected chi connectivity index (χ2v) is 6.22. The van der Waals surface area contributed by atoms with E-state index in [0.29, 0.717) is 0 Å². The zero-order valence-electron chi connectivity index (χ0n) is 8.68. The normalized spacial score (nSPS) is 10.8. The molecule has 0 amide bonds. The molecule has 0 bridgehead atoms. The minimum Gasteiger partial charge on any atom is -0.330 e. The van der Waals surface area contributed by atoms with E-state index in [9.17, 15) is 0 Å². The molecule has 1 heterocycles. The fraction of sp³-hybridized carbons (Fsp3) is 0.636. The number of unbranched alkanes of at least 4 members (excludes halogenated alkanes) is 3. The maximum absolute atomic E-state index is 5.44. The zero-order chi connectivity index (χ0) is 10.4. The summed E-state index contributed by atoms with van der Waals surface area (Å²) in [5.41, 5.74) is 6.95. The summed E-state index contributed by atoms with van der Waals surface area (Å²) in [6.07, 6.45) is 6.28. The van der Waals surface area contributed by atoms with Crippen LogP contribution in [0.25, 0.3) is 0 Å². The van der Waals surface area contributed by atoms with E-state index in [1.807, 2.05) is 11.3 Å². The van der Waals surface area contributed by atoms with Gasteiger partial charge < -0.3 is 5.73 Å². The Kier molecular flexibility index (Phi) is 5.75. The van der Waals surface area contributed by atoms with Gasteiger partial charge in [0.05, 0.1) is 3.79 Å². The summed E-state index contributed by atoms with van der Waals surface area (Å²) in [5, 5.41) is 0. The highest BCUT2D eigenvalue weighted by Gasteiger charge is 2.02. The molecule has 14 heavy (non-hydrogen) atoms. The van der Waals surface area contributed by atoms with Gasteiger partial charge in [-0.05, 0) is 60.3 Å². The third-order valence-electron chi connectivity index (χ3n) is 2.39. The van der Waals surface area contributed by atoms with Crippen molar-refractivity contribution in [1.82, 2.24) is 0 Å². The van der Waals surface area contributed by atoms with Crippen molar-refractivity contribution in [2.24, 2.45) is 5.73 Å². The number of halogens is 1. The van der Waals surface area contributed by atoms with E-state index in [1.54, 1.807) is 0 Å². The van der Waals surface area contributed by atoms with Gasteiger partial charge in [-0.1, -0.05) is 12.8 Å². The molecule has 0 saturated heterocycles. The molecule has 0 unspecified atom stereocenters. The van der Waals surface area contributed by atoms with Crippen LogP contribution in [0.3, 0.4) is 0 Å². The van der Waals surface area contributed by atoms with E-state index in [-0.39, 0.29) is 0 Å². The Morgan fingerprint density at radius 3 is 2.57 bits per heavy atom. The number of hydrogen-bond acceptors (Lipinski definition) is 2. The van der Waals surface area contributed by atoms with Crippen LogP contribution in [-0.4, -0.2) is 6.54 Å². The molecule has 0 spiro atoms. The van der Waals surface area contributed by atoms with Crippen molar-refractivity contribution in [2.45, 2.75) is 39.0 Å². The van der Waals surface area contributed by atoms with E-state index >= 15 is 0 Å². The first-order valence-electron chi connectivity index (χ1n) is 5.19. The van der Waals surface area contributed by atoms with Crippen molar-refractivity contribution in [3.8, 4) is 0 Å². The second kappa shape index (κ2) is 6.59. The van der Waals surface area contributed by atoms with E-state index in [0.717, 1.165) is 6.54 Å². The van der Waals surface area contributed by atoms with Gasteiger partial charge in [-0.3, -0.25) is 0 Å². The van der Waals surface area contributed by atoms with Gasteiger partial charge in [0.15, 0.2) is 0 Å². The number of hydrogen-bond donors (Lipinski definition) is 1. The molecule has 0 atom stereocenters. The first kappa shape index (κ1) is 12.2. The average molecular weight is 276 g/mol. The zero-order valence-corrected chi connectivity index (χ0v) is 11.1. The Hall–Kier alpha value is 0.140. The Morgan fingerprint density at radius 2 is 2.00 bits per heavy atom. The molecule has 1 aromatic rings. The van der Waals surface area contributed by atoms with Crippen molar-refractivity contribution in [1.29, 1.82) is 0 Å². The molecule has 1 aromatic heterocycles. The van der Waals surface area contributed by atoms with E-state index in [4.69, 9.17) is 5.73 Å². The molecule has 0 saturated carbocycles. The lowest BCUT2D eigenvalue weighted by molar-refractivity contribution is 0.646. The monoisotopic (exact) mass is 275 g/mol. The largest absolute Gasteiger partial charge is 0.330 e. The molecule has 2 N–H and O–H groups in total. The highest BCUT2D eigenvalue weighted by Crippen LogP contribution is 2.27. The molecule has 0 aliphatic carbocycles. The maximum Gasteiger partial charge on any atom is 0.0704 e. The summed E-state index contributed by atoms with van der Waals surface area (Å²) in [6, 6.07) is 2.25. The third-order valence-corrected chi connectivity index (χ3v) is 3.99. The van der Waals surface area contributed by atoms with Crippen LogP contribution in [0.1, 0.15) is 36.1 Å². The van der Waals surface area contributed by atoms with Crippen LogP contribution in [0.15, 0.2) is 9.85 Å². The van der Waals surface area contributed by atoms with Gasteiger partial charge in [0.1, 0.15) is 0 Å². The second-order valence-electron chi connectivity index (χ2n) is 3.58. The quantitative estimate of drug-likeness (QED) is 0.784. The molecule has 0 fully saturated rings. The van der Waals surface area contributed by atoms with Gasteiger partial charge in [0, 0.05) is 4.88 Å². The minimum absolute atomic E-state index is 0.836. The van der Waals surface area contributed by atoms with Crippen molar-refractivity contribution < 1.29 is 0 Å². The van der Waals surface area contributed by atoms with E-state index in [2.05, 4.69) is 28.9 Å². The predicted molar refractivity (Wildman–Crippen MR) is 68.0 cm³/mol. The van der Waals surface area contributed by atoms with Gasteiger partial charge in [-0.25, -0.2) is 0 Å². The lowest BCUT2D eigenvalue weighted by atomic mass is 10.1. The summed E-state index contributed by atoms with van der Waals surface area (Å²) < 4.78 is 1.26. The predicted octanol–water partition coefficient (Wildman–Crippen LogP) is 3.88. The van der Waals surface area contributed by atoms with Crippen molar-refractivity contribution in [3.63, 3.8) is 0 Å². The Bertz CT molecular complexity index is 270. The molecule has 0 aliphatic heterocycles. The number of thiophene rings is 1. The average Bonchev–Trinajstić information content (AvgIpc) is 2.45. The summed E-state index contributed by atoms with van der Waals surface area (Å²) in [4.78, 5) is 1.45. The smallest absolute Gasteiger partial charge is 0.0704 e. The van der Waals surface area contributed by atoms with Crippen molar-refractivity contribution >= 4 is 27.3 Å². The summed E-state index contributed by atoms with van der Waals surface area (Å²) in [6.45, 7) is 3.04. The topological polar surface area (TPSA) is 26.0 Å². The summed E-state index contributed by atoms with van der Waals surface area (Å²) in [5.74, 6) is 0. The minimum atomic E-state index is 0.836. The Balaban J connectivity index is 2.21. The number of rotatable bonds is 6. The lowest BCUT2D eigenvalue weighted by Crippen LogP contribution is -1.97. The molecule has 80 valence electrons. The molecule has 3 heteroatoms. The molecular weight excluding hydrogens is 258 g/mol. The molecule has 1 rings (SSSR count). The first-order chi connectivity index (χ1) is 6.74. The fourth-order valence-corrected chi connectivity index (χ4v) is 3.33. The SMILES string of the molecule is Cc1sc(Br)cc1CCCCCCN. The highest BCUT2D eigenvalue weighted by atomic mass is 79.9. The van der Waals surface area contributed by atoms with Crippen LogP contribution in [0.2, 0.25) is 0 Å². The number of nitrogens with two attached hydrogens (primary N) is 1. The third kappa shape index (κ3) is 4.11.